The minimum Gasteiger partial charge on any atom is -0.493 e. The third kappa shape index (κ3) is 4.85. The number of nitrogens with one attached hydrogen (secondary N) is 1. The van der Waals surface area contributed by atoms with Gasteiger partial charge in [-0.25, -0.2) is 4.79 Å². The third-order valence-electron chi connectivity index (χ3n) is 6.80. The highest BCUT2D eigenvalue weighted by Crippen LogP contribution is 2.38. The van der Waals surface area contributed by atoms with Gasteiger partial charge in [-0.3, -0.25) is 9.78 Å². The van der Waals surface area contributed by atoms with Crippen LogP contribution in [0.25, 0.3) is 0 Å². The molecule has 1 aliphatic heterocycles. The van der Waals surface area contributed by atoms with Crippen LogP contribution in [0, 0.1) is 5.92 Å². The van der Waals surface area contributed by atoms with E-state index in [1.807, 2.05) is 31.3 Å². The molecule has 1 atom stereocenters. The summed E-state index contributed by atoms with van der Waals surface area (Å²) in [5.41, 5.74) is 5.08. The smallest absolute Gasteiger partial charge is 0.340 e. The lowest BCUT2D eigenvalue weighted by Gasteiger charge is -2.28. The number of aromatic nitrogens is 1. The molecule has 0 bridgehead atoms. The summed E-state index contributed by atoms with van der Waals surface area (Å²) in [5.74, 6) is 1.19. The van der Waals surface area contributed by atoms with Crippen LogP contribution >= 0.6 is 0 Å². The van der Waals surface area contributed by atoms with Crippen molar-refractivity contribution in [2.24, 2.45) is 5.92 Å². The minimum atomic E-state index is -0.389. The Balaban J connectivity index is 1.30. The molecule has 0 radical (unpaired) electrons. The molecule has 0 saturated heterocycles. The Morgan fingerprint density at radius 3 is 2.60 bits per heavy atom. The van der Waals surface area contributed by atoms with Gasteiger partial charge in [-0.05, 0) is 61.2 Å². The molecule has 2 aliphatic rings. The van der Waals surface area contributed by atoms with Gasteiger partial charge in [0.2, 0.25) is 0 Å². The van der Waals surface area contributed by atoms with E-state index < -0.39 is 0 Å². The van der Waals surface area contributed by atoms with Gasteiger partial charge in [-0.15, -0.1) is 0 Å². The van der Waals surface area contributed by atoms with Crippen molar-refractivity contribution in [3.63, 3.8) is 0 Å². The first-order valence-electron chi connectivity index (χ1n) is 12.0. The summed E-state index contributed by atoms with van der Waals surface area (Å²) in [6.07, 6.45) is 6.13. The first kappa shape index (κ1) is 22.9. The molecule has 7 heteroatoms. The number of benzene rings is 2. The Morgan fingerprint density at radius 2 is 1.86 bits per heavy atom. The van der Waals surface area contributed by atoms with Crippen molar-refractivity contribution >= 4 is 28.8 Å². The van der Waals surface area contributed by atoms with E-state index in [4.69, 9.17) is 9.47 Å². The number of rotatable bonds is 8. The van der Waals surface area contributed by atoms with Gasteiger partial charge in [0.15, 0.2) is 5.78 Å². The van der Waals surface area contributed by atoms with Crippen LogP contribution in [0.4, 0.5) is 17.1 Å². The molecule has 35 heavy (non-hydrogen) atoms. The normalized spacial score (nSPS) is 16.6. The molecule has 1 saturated carbocycles. The van der Waals surface area contributed by atoms with E-state index in [1.54, 1.807) is 18.5 Å². The fourth-order valence-corrected chi connectivity index (χ4v) is 4.51. The highest BCUT2D eigenvalue weighted by Gasteiger charge is 2.30. The second-order valence-corrected chi connectivity index (χ2v) is 9.09. The summed E-state index contributed by atoms with van der Waals surface area (Å²) < 4.78 is 10.9. The van der Waals surface area contributed by atoms with Crippen LogP contribution in [0.15, 0.2) is 60.9 Å². The Morgan fingerprint density at radius 1 is 1.09 bits per heavy atom. The van der Waals surface area contributed by atoms with E-state index in [1.165, 1.54) is 7.11 Å². The molecule has 7 nitrogen and oxygen atoms in total. The van der Waals surface area contributed by atoms with E-state index in [-0.39, 0.29) is 23.6 Å². The zero-order chi connectivity index (χ0) is 24.4. The molecule has 0 amide bonds. The molecule has 2 heterocycles. The zero-order valence-corrected chi connectivity index (χ0v) is 20.0. The van der Waals surface area contributed by atoms with E-state index >= 15 is 0 Å². The SMILES string of the molecule is COC(=O)c1ccncc1NC[C@@H]1CCOc2cc(N(C)c3ccc(C(=O)C4CC4)cc3)ccc21. The molecule has 0 spiro atoms. The molecular formula is C28H29N3O4. The lowest BCUT2D eigenvalue weighted by atomic mass is 9.92. The number of esters is 1. The van der Waals surface area contributed by atoms with Gasteiger partial charge in [-0.1, -0.05) is 6.07 Å². The zero-order valence-electron chi connectivity index (χ0n) is 20.0. The first-order valence-corrected chi connectivity index (χ1v) is 12.0. The number of ether oxygens (including phenoxy) is 2. The number of anilines is 3. The predicted molar refractivity (Wildman–Crippen MR) is 135 cm³/mol. The lowest BCUT2D eigenvalue weighted by Crippen LogP contribution is -2.22. The van der Waals surface area contributed by atoms with E-state index in [9.17, 15) is 9.59 Å². The average Bonchev–Trinajstić information content (AvgIpc) is 3.76. The number of hydrogen-bond donors (Lipinski definition) is 1. The molecule has 0 unspecified atom stereocenters. The summed E-state index contributed by atoms with van der Waals surface area (Å²) >= 11 is 0. The number of nitrogens with zero attached hydrogens (tertiary/aromatic N) is 2. The summed E-state index contributed by atoms with van der Waals surface area (Å²) in [4.78, 5) is 30.6. The highest BCUT2D eigenvalue weighted by atomic mass is 16.5. The van der Waals surface area contributed by atoms with E-state index in [2.05, 4.69) is 33.4 Å². The summed E-state index contributed by atoms with van der Waals surface area (Å²) in [6, 6.07) is 15.8. The van der Waals surface area contributed by atoms with Crippen molar-refractivity contribution in [3.05, 3.63) is 77.6 Å². The molecule has 1 fully saturated rings. The Bertz CT molecular complexity index is 1240. The van der Waals surface area contributed by atoms with Gasteiger partial charge in [0.05, 0.1) is 31.2 Å². The fraction of sp³-hybridized carbons (Fsp3) is 0.321. The van der Waals surface area contributed by atoms with Crippen molar-refractivity contribution in [2.75, 3.05) is 37.5 Å². The fourth-order valence-electron chi connectivity index (χ4n) is 4.51. The predicted octanol–water partition coefficient (Wildman–Crippen LogP) is 5.21. The summed E-state index contributed by atoms with van der Waals surface area (Å²) in [5, 5.41) is 3.37. The molecule has 1 N–H and O–H groups in total. The van der Waals surface area contributed by atoms with Crippen LogP contribution in [0.3, 0.4) is 0 Å². The lowest BCUT2D eigenvalue weighted by molar-refractivity contribution is 0.0601. The van der Waals surface area contributed by atoms with Crippen LogP contribution in [-0.4, -0.2) is 44.0 Å². The van der Waals surface area contributed by atoms with Crippen molar-refractivity contribution < 1.29 is 19.1 Å². The molecule has 180 valence electrons. The minimum absolute atomic E-state index is 0.226. The van der Waals surface area contributed by atoms with Gasteiger partial charge >= 0.3 is 5.97 Å². The first-order chi connectivity index (χ1) is 17.0. The number of ketones is 1. The standard InChI is InChI=1S/C28H29N3O4/c1-31(21-7-5-19(6-8-21)27(32)18-3-4-18)22-9-10-23-20(12-14-35-26(23)15-22)16-30-25-17-29-13-11-24(25)28(33)34-2/h5-11,13,15,17-18,20,30H,3-4,12,14,16H2,1-2H3/t20-/m0/s1. The van der Waals surface area contributed by atoms with Gasteiger partial charge in [-0.2, -0.15) is 0 Å². The van der Waals surface area contributed by atoms with Crippen molar-refractivity contribution in [2.45, 2.75) is 25.2 Å². The Hall–Kier alpha value is -3.87. The number of carbonyl (C=O) groups excluding carboxylic acids is 2. The average molecular weight is 472 g/mol. The quantitative estimate of drug-likeness (QED) is 0.357. The van der Waals surface area contributed by atoms with Crippen LogP contribution in [-0.2, 0) is 4.74 Å². The van der Waals surface area contributed by atoms with Crippen molar-refractivity contribution in [1.29, 1.82) is 0 Å². The van der Waals surface area contributed by atoms with Gasteiger partial charge < -0.3 is 19.7 Å². The topological polar surface area (TPSA) is 80.8 Å². The molecule has 1 aromatic heterocycles. The number of pyridine rings is 1. The number of Topliss-reactive ketones (excluding diaryl/α,β-unsaturated/α-hetero) is 1. The van der Waals surface area contributed by atoms with Gasteiger partial charge in [0, 0.05) is 54.6 Å². The molecule has 3 aromatic rings. The highest BCUT2D eigenvalue weighted by molar-refractivity contribution is 5.99. The van der Waals surface area contributed by atoms with Crippen molar-refractivity contribution in [3.8, 4) is 5.75 Å². The number of hydrogen-bond acceptors (Lipinski definition) is 7. The Kier molecular flexibility index (Phi) is 6.40. The van der Waals surface area contributed by atoms with Crippen LogP contribution in [0.5, 0.6) is 5.75 Å². The maximum Gasteiger partial charge on any atom is 0.340 e. The van der Waals surface area contributed by atoms with Crippen LogP contribution < -0.4 is 15.0 Å². The van der Waals surface area contributed by atoms with E-state index in [0.29, 0.717) is 24.4 Å². The maximum atomic E-state index is 12.3. The summed E-state index contributed by atoms with van der Waals surface area (Å²) in [7, 11) is 3.38. The maximum absolute atomic E-state index is 12.3. The van der Waals surface area contributed by atoms with Crippen LogP contribution in [0.2, 0.25) is 0 Å². The van der Waals surface area contributed by atoms with Crippen molar-refractivity contribution in [1.82, 2.24) is 4.98 Å². The Labute approximate surface area is 205 Å². The molecule has 2 aromatic carbocycles. The van der Waals surface area contributed by atoms with Crippen LogP contribution in [0.1, 0.15) is 51.5 Å². The second-order valence-electron chi connectivity index (χ2n) is 9.09. The monoisotopic (exact) mass is 471 g/mol. The molecular weight excluding hydrogens is 442 g/mol. The third-order valence-corrected chi connectivity index (χ3v) is 6.80. The molecule has 1 aliphatic carbocycles. The number of carbonyl (C=O) groups is 2. The second kappa shape index (κ2) is 9.78. The molecule has 5 rings (SSSR count). The van der Waals surface area contributed by atoms with E-state index in [0.717, 1.165) is 47.5 Å². The number of fused-ring (bicyclic) bond motifs is 1. The van der Waals surface area contributed by atoms with Gasteiger partial charge in [0.1, 0.15) is 5.75 Å². The number of methoxy groups -OCH3 is 1. The van der Waals surface area contributed by atoms with Gasteiger partial charge in [0.25, 0.3) is 0 Å². The summed E-state index contributed by atoms with van der Waals surface area (Å²) in [6.45, 7) is 1.28. The largest absolute Gasteiger partial charge is 0.493 e.